The standard InChI is InChI=1S/C28H36N4O6S/c1-4-7-24-23(17-33)21(5-2)26-28(34)29-27(30-31(24)26)22-16-20(12-13-25(22)37-6-3)39-19-10-8-18(9-11-19)14-15-38-32(35)36/h12-13,16-19H,4-11,14-15H2,1-3H3,(H,29,30,34). The quantitative estimate of drug-likeness (QED) is 0.162. The highest BCUT2D eigenvalue weighted by Crippen LogP contribution is 2.40. The first-order valence-electron chi connectivity index (χ1n) is 13.7. The second-order valence-electron chi connectivity index (χ2n) is 9.82. The molecule has 0 spiro atoms. The molecule has 0 amide bonds. The number of nitrogens with one attached hydrogen (secondary N) is 1. The number of aldehydes is 1. The van der Waals surface area contributed by atoms with Crippen LogP contribution in [0.25, 0.3) is 16.9 Å². The Kier molecular flexibility index (Phi) is 9.66. The highest BCUT2D eigenvalue weighted by atomic mass is 32.2. The fourth-order valence-electron chi connectivity index (χ4n) is 5.48. The number of fused-ring (bicyclic) bond motifs is 1. The zero-order valence-corrected chi connectivity index (χ0v) is 23.6. The lowest BCUT2D eigenvalue weighted by Crippen LogP contribution is -2.18. The fraction of sp³-hybridized carbons (Fsp3) is 0.536. The normalized spacial score (nSPS) is 17.3. The van der Waals surface area contributed by atoms with Crippen LogP contribution in [-0.2, 0) is 17.7 Å². The molecule has 1 N–H and O–H groups in total. The van der Waals surface area contributed by atoms with E-state index in [1.54, 1.807) is 16.3 Å². The van der Waals surface area contributed by atoms with E-state index in [4.69, 9.17) is 9.84 Å². The lowest BCUT2D eigenvalue weighted by atomic mass is 9.87. The summed E-state index contributed by atoms with van der Waals surface area (Å²) in [6.07, 6.45) is 7.64. The number of benzene rings is 1. The van der Waals surface area contributed by atoms with Gasteiger partial charge in [0.15, 0.2) is 12.1 Å². The van der Waals surface area contributed by atoms with Crippen LogP contribution < -0.4 is 10.3 Å². The van der Waals surface area contributed by atoms with Gasteiger partial charge < -0.3 is 14.6 Å². The van der Waals surface area contributed by atoms with Crippen LogP contribution in [0.2, 0.25) is 0 Å². The molecule has 0 bridgehead atoms. The first kappa shape index (κ1) is 28.7. The Hall–Kier alpha value is -3.34. The third-order valence-electron chi connectivity index (χ3n) is 7.32. The molecule has 39 heavy (non-hydrogen) atoms. The molecule has 0 saturated heterocycles. The molecule has 1 aliphatic rings. The number of H-pyrrole nitrogens is 1. The van der Waals surface area contributed by atoms with E-state index >= 15 is 0 Å². The van der Waals surface area contributed by atoms with E-state index < -0.39 is 5.09 Å². The van der Waals surface area contributed by atoms with Crippen LogP contribution in [0.5, 0.6) is 5.75 Å². The maximum Gasteiger partial charge on any atom is 0.294 e. The number of hydrogen-bond donors (Lipinski definition) is 1. The number of hydrogen-bond acceptors (Lipinski definition) is 8. The fourth-order valence-corrected chi connectivity index (χ4v) is 6.71. The summed E-state index contributed by atoms with van der Waals surface area (Å²) in [6, 6.07) is 5.97. The van der Waals surface area contributed by atoms with Gasteiger partial charge in [0, 0.05) is 15.7 Å². The van der Waals surface area contributed by atoms with Crippen molar-refractivity contribution in [1.29, 1.82) is 0 Å². The van der Waals surface area contributed by atoms with Gasteiger partial charge in [-0.1, -0.05) is 20.3 Å². The molecule has 3 aromatic rings. The Morgan fingerprint density at radius 1 is 1.23 bits per heavy atom. The maximum absolute atomic E-state index is 13.3. The van der Waals surface area contributed by atoms with Crippen LogP contribution >= 0.6 is 11.8 Å². The number of thioether (sulfide) groups is 1. The Labute approximate surface area is 231 Å². The Morgan fingerprint density at radius 3 is 2.64 bits per heavy atom. The molecule has 0 aliphatic heterocycles. The second-order valence-corrected chi connectivity index (χ2v) is 11.2. The van der Waals surface area contributed by atoms with Gasteiger partial charge in [-0.15, -0.1) is 27.0 Å². The molecular formula is C28H36N4O6S. The molecule has 2 heterocycles. The SMILES string of the molecule is CCCc1c(C=O)c(CC)c2c(=O)[nH]c(-c3cc(SC4CCC(CCO[N+](=O)[O-])CC4)ccc3OCC)nn12. The van der Waals surface area contributed by atoms with Crippen molar-refractivity contribution < 1.29 is 19.5 Å². The minimum absolute atomic E-state index is 0.155. The predicted molar refractivity (Wildman–Crippen MR) is 150 cm³/mol. The lowest BCUT2D eigenvalue weighted by Gasteiger charge is -2.28. The summed E-state index contributed by atoms with van der Waals surface area (Å²) in [7, 11) is 0. The number of ether oxygens (including phenoxy) is 1. The molecule has 0 unspecified atom stereocenters. The van der Waals surface area contributed by atoms with Crippen molar-refractivity contribution in [2.75, 3.05) is 13.2 Å². The topological polar surface area (TPSA) is 129 Å². The zero-order valence-electron chi connectivity index (χ0n) is 22.7. The van der Waals surface area contributed by atoms with Gasteiger partial charge in [0.2, 0.25) is 0 Å². The van der Waals surface area contributed by atoms with Crippen molar-refractivity contribution in [2.24, 2.45) is 5.92 Å². The molecule has 0 radical (unpaired) electrons. The predicted octanol–water partition coefficient (Wildman–Crippen LogP) is 5.67. The molecule has 1 fully saturated rings. The number of aromatic amines is 1. The smallest absolute Gasteiger partial charge is 0.294 e. The molecule has 2 aromatic heterocycles. The summed E-state index contributed by atoms with van der Waals surface area (Å²) < 4.78 is 7.56. The van der Waals surface area contributed by atoms with E-state index in [2.05, 4.69) is 9.82 Å². The molecule has 10 nitrogen and oxygen atoms in total. The Balaban J connectivity index is 1.63. The monoisotopic (exact) mass is 556 g/mol. The number of carbonyl (C=O) groups is 1. The van der Waals surface area contributed by atoms with Crippen LogP contribution in [0.4, 0.5) is 0 Å². The van der Waals surface area contributed by atoms with Crippen LogP contribution in [0.1, 0.15) is 80.9 Å². The summed E-state index contributed by atoms with van der Waals surface area (Å²) >= 11 is 1.80. The summed E-state index contributed by atoms with van der Waals surface area (Å²) in [5, 5.41) is 14.9. The number of aryl methyl sites for hydroxylation is 2. The van der Waals surface area contributed by atoms with Crippen LogP contribution in [-0.4, -0.2) is 44.4 Å². The van der Waals surface area contributed by atoms with Gasteiger partial charge in [0.1, 0.15) is 11.3 Å². The van der Waals surface area contributed by atoms with Crippen molar-refractivity contribution in [2.45, 2.75) is 82.3 Å². The average Bonchev–Trinajstić information content (AvgIpc) is 3.23. The highest BCUT2D eigenvalue weighted by Gasteiger charge is 2.24. The van der Waals surface area contributed by atoms with E-state index in [0.717, 1.165) is 54.5 Å². The van der Waals surface area contributed by atoms with Crippen molar-refractivity contribution in [1.82, 2.24) is 14.6 Å². The molecule has 1 aliphatic carbocycles. The van der Waals surface area contributed by atoms with Crippen molar-refractivity contribution >= 4 is 23.6 Å². The molecule has 210 valence electrons. The minimum Gasteiger partial charge on any atom is -0.493 e. The van der Waals surface area contributed by atoms with Gasteiger partial charge in [0.25, 0.3) is 10.6 Å². The van der Waals surface area contributed by atoms with Crippen LogP contribution in [0.3, 0.4) is 0 Å². The Bertz CT molecular complexity index is 1380. The van der Waals surface area contributed by atoms with Crippen LogP contribution in [0.15, 0.2) is 27.9 Å². The molecule has 4 rings (SSSR count). The Morgan fingerprint density at radius 2 is 2.00 bits per heavy atom. The van der Waals surface area contributed by atoms with Gasteiger partial charge in [-0.2, -0.15) is 0 Å². The summed E-state index contributed by atoms with van der Waals surface area (Å²) in [4.78, 5) is 44.2. The molecular weight excluding hydrogens is 520 g/mol. The molecule has 1 aromatic carbocycles. The number of nitrogens with zero attached hydrogens (tertiary/aromatic N) is 3. The first-order chi connectivity index (χ1) is 18.9. The van der Waals surface area contributed by atoms with E-state index in [-0.39, 0.29) is 12.2 Å². The van der Waals surface area contributed by atoms with Crippen LogP contribution in [0, 0.1) is 16.0 Å². The van der Waals surface area contributed by atoms with E-state index in [9.17, 15) is 19.7 Å². The van der Waals surface area contributed by atoms with Gasteiger partial charge in [-0.05, 0) is 81.5 Å². The van der Waals surface area contributed by atoms with Crippen molar-refractivity contribution in [3.8, 4) is 17.1 Å². The van der Waals surface area contributed by atoms with Crippen molar-refractivity contribution in [3.63, 3.8) is 0 Å². The first-order valence-corrected chi connectivity index (χ1v) is 14.6. The number of carbonyl (C=O) groups excluding carboxylic acids is 1. The largest absolute Gasteiger partial charge is 0.493 e. The van der Waals surface area contributed by atoms with E-state index in [1.165, 1.54) is 0 Å². The summed E-state index contributed by atoms with van der Waals surface area (Å²) in [6.45, 7) is 6.51. The number of aromatic nitrogens is 3. The lowest BCUT2D eigenvalue weighted by molar-refractivity contribution is -0.758. The van der Waals surface area contributed by atoms with Crippen molar-refractivity contribution in [3.05, 3.63) is 55.5 Å². The van der Waals surface area contributed by atoms with Gasteiger partial charge in [-0.25, -0.2) is 4.52 Å². The average molecular weight is 557 g/mol. The third-order valence-corrected chi connectivity index (χ3v) is 8.65. The second kappa shape index (κ2) is 13.1. The highest BCUT2D eigenvalue weighted by molar-refractivity contribution is 8.00. The summed E-state index contributed by atoms with van der Waals surface area (Å²) in [5.41, 5.74) is 2.90. The third kappa shape index (κ3) is 6.46. The molecule has 0 atom stereocenters. The summed E-state index contributed by atoms with van der Waals surface area (Å²) in [5.74, 6) is 1.48. The molecule has 1 saturated carbocycles. The van der Waals surface area contributed by atoms with Gasteiger partial charge in [-0.3, -0.25) is 9.59 Å². The minimum atomic E-state index is -0.727. The van der Waals surface area contributed by atoms with E-state index in [0.29, 0.717) is 65.3 Å². The van der Waals surface area contributed by atoms with Gasteiger partial charge in [0.05, 0.1) is 24.5 Å². The maximum atomic E-state index is 13.3. The zero-order chi connectivity index (χ0) is 27.9. The number of rotatable bonds is 13. The van der Waals surface area contributed by atoms with E-state index in [1.807, 2.05) is 39.0 Å². The molecule has 11 heteroatoms. The van der Waals surface area contributed by atoms with Gasteiger partial charge >= 0.3 is 0 Å².